The molecule has 0 saturated carbocycles. The molecule has 0 unspecified atom stereocenters. The molecule has 1 N–H and O–H groups in total. The van der Waals surface area contributed by atoms with Gasteiger partial charge in [0.05, 0.1) is 0 Å². The average Bonchev–Trinajstić information content (AvgIpc) is 2.01. The molecular weight excluding hydrogens is 145 g/mol. The van der Waals surface area contributed by atoms with Crippen molar-refractivity contribution in [3.63, 3.8) is 0 Å². The Morgan fingerprint density at radius 2 is 2.27 bits per heavy atom. The van der Waals surface area contributed by atoms with Gasteiger partial charge in [-0.3, -0.25) is 4.79 Å². The molecule has 0 saturated heterocycles. The molecule has 0 atom stereocenters. The van der Waals surface area contributed by atoms with Crippen molar-refractivity contribution in [2.45, 2.75) is 0 Å². The van der Waals surface area contributed by atoms with Crippen LogP contribution < -0.4 is 5.32 Å². The van der Waals surface area contributed by atoms with E-state index in [2.05, 4.69) is 11.9 Å². The number of carbonyl (C=O) groups is 1. The van der Waals surface area contributed by atoms with Crippen molar-refractivity contribution in [1.82, 2.24) is 5.32 Å². The van der Waals surface area contributed by atoms with Gasteiger partial charge in [-0.1, -0.05) is 12.7 Å². The van der Waals surface area contributed by atoms with Crippen LogP contribution in [0.15, 0.2) is 36.3 Å². The number of aldehydes is 1. The standard InChI is InChI=1S/C8H10FNO/c1-3-7(6-11)4-8(9)5-10-2/h3-6,10H,1H2,2H3/b7-4+,8-5-. The third-order valence-electron chi connectivity index (χ3n) is 0.959. The van der Waals surface area contributed by atoms with Gasteiger partial charge in [-0.15, -0.1) is 0 Å². The van der Waals surface area contributed by atoms with Crippen LogP contribution in [0.1, 0.15) is 0 Å². The fourth-order valence-corrected chi connectivity index (χ4v) is 0.480. The smallest absolute Gasteiger partial charge is 0.150 e. The van der Waals surface area contributed by atoms with Gasteiger partial charge in [0.25, 0.3) is 0 Å². The number of halogens is 1. The maximum atomic E-state index is 12.5. The van der Waals surface area contributed by atoms with Crippen LogP contribution in [0.4, 0.5) is 4.39 Å². The quantitative estimate of drug-likeness (QED) is 0.377. The summed E-state index contributed by atoms with van der Waals surface area (Å²) in [6.45, 7) is 3.33. The van der Waals surface area contributed by atoms with Crippen molar-refractivity contribution < 1.29 is 9.18 Å². The number of hydrogen-bond acceptors (Lipinski definition) is 2. The van der Waals surface area contributed by atoms with Crippen LogP contribution in [0.25, 0.3) is 0 Å². The van der Waals surface area contributed by atoms with Gasteiger partial charge < -0.3 is 5.32 Å². The van der Waals surface area contributed by atoms with E-state index in [1.807, 2.05) is 0 Å². The van der Waals surface area contributed by atoms with E-state index in [-0.39, 0.29) is 5.57 Å². The average molecular weight is 155 g/mol. The summed E-state index contributed by atoms with van der Waals surface area (Å²) in [7, 11) is 1.57. The first-order valence-corrected chi connectivity index (χ1v) is 3.06. The van der Waals surface area contributed by atoms with Gasteiger partial charge in [0, 0.05) is 18.8 Å². The van der Waals surface area contributed by atoms with Gasteiger partial charge >= 0.3 is 0 Å². The third kappa shape index (κ3) is 4.08. The summed E-state index contributed by atoms with van der Waals surface area (Å²) in [5.74, 6) is -0.505. The highest BCUT2D eigenvalue weighted by Gasteiger charge is 1.90. The molecule has 0 spiro atoms. The second kappa shape index (κ2) is 5.41. The second-order valence-corrected chi connectivity index (χ2v) is 1.78. The third-order valence-corrected chi connectivity index (χ3v) is 0.959. The predicted octanol–water partition coefficient (Wildman–Crippen LogP) is 1.33. The number of nitrogens with one attached hydrogen (secondary N) is 1. The summed E-state index contributed by atoms with van der Waals surface area (Å²) >= 11 is 0. The molecule has 0 heterocycles. The Labute approximate surface area is 65.1 Å². The Hall–Kier alpha value is -1.38. The number of rotatable bonds is 4. The molecule has 0 fully saturated rings. The zero-order valence-corrected chi connectivity index (χ0v) is 6.30. The summed E-state index contributed by atoms with van der Waals surface area (Å²) < 4.78 is 12.5. The number of hydrogen-bond donors (Lipinski definition) is 1. The molecular formula is C8H10FNO. The Morgan fingerprint density at radius 1 is 1.64 bits per heavy atom. The lowest BCUT2D eigenvalue weighted by Gasteiger charge is -1.89. The van der Waals surface area contributed by atoms with Gasteiger partial charge in [-0.25, -0.2) is 4.39 Å². The molecule has 0 aliphatic rings. The van der Waals surface area contributed by atoms with Gasteiger partial charge in [0.15, 0.2) is 0 Å². The topological polar surface area (TPSA) is 29.1 Å². The monoisotopic (exact) mass is 155 g/mol. The van der Waals surface area contributed by atoms with Crippen LogP contribution in [-0.2, 0) is 4.79 Å². The maximum absolute atomic E-state index is 12.5. The number of carbonyl (C=O) groups excluding carboxylic acids is 1. The van der Waals surface area contributed by atoms with E-state index in [0.29, 0.717) is 6.29 Å². The molecule has 0 amide bonds. The summed E-state index contributed by atoms with van der Waals surface area (Å²) in [6.07, 6.45) is 4.07. The van der Waals surface area contributed by atoms with E-state index in [9.17, 15) is 9.18 Å². The maximum Gasteiger partial charge on any atom is 0.150 e. The van der Waals surface area contributed by atoms with E-state index in [4.69, 9.17) is 0 Å². The molecule has 0 bridgehead atoms. The summed E-state index contributed by atoms with van der Waals surface area (Å²) in [5.41, 5.74) is 0.217. The molecule has 11 heavy (non-hydrogen) atoms. The lowest BCUT2D eigenvalue weighted by Crippen LogP contribution is -1.93. The summed E-state index contributed by atoms with van der Waals surface area (Å²) in [4.78, 5) is 10.1. The fourth-order valence-electron chi connectivity index (χ4n) is 0.480. The van der Waals surface area contributed by atoms with Crippen molar-refractivity contribution in [1.29, 1.82) is 0 Å². The molecule has 0 aromatic rings. The Bertz CT molecular complexity index is 196. The minimum absolute atomic E-state index is 0.217. The number of allylic oxidation sites excluding steroid dienone is 4. The van der Waals surface area contributed by atoms with E-state index in [1.54, 1.807) is 7.05 Å². The van der Waals surface area contributed by atoms with Crippen molar-refractivity contribution in [3.8, 4) is 0 Å². The van der Waals surface area contributed by atoms with Crippen LogP contribution in [0.5, 0.6) is 0 Å². The minimum Gasteiger partial charge on any atom is -0.392 e. The Balaban J connectivity index is 4.37. The first-order valence-electron chi connectivity index (χ1n) is 3.06. The molecule has 0 aliphatic heterocycles. The molecule has 3 heteroatoms. The van der Waals surface area contributed by atoms with Gasteiger partial charge in [-0.2, -0.15) is 0 Å². The molecule has 0 rings (SSSR count). The molecule has 0 aromatic carbocycles. The zero-order valence-electron chi connectivity index (χ0n) is 6.30. The van der Waals surface area contributed by atoms with E-state index < -0.39 is 5.83 Å². The van der Waals surface area contributed by atoms with Crippen LogP contribution in [0.3, 0.4) is 0 Å². The molecule has 0 aliphatic carbocycles. The first kappa shape index (κ1) is 9.62. The highest BCUT2D eigenvalue weighted by Crippen LogP contribution is 2.01. The van der Waals surface area contributed by atoms with Crippen LogP contribution in [-0.4, -0.2) is 13.3 Å². The minimum atomic E-state index is -0.505. The van der Waals surface area contributed by atoms with Gasteiger partial charge in [0.2, 0.25) is 0 Å². The SMILES string of the molecule is C=C/C(C=O)=C\C(F)=C\NC. The van der Waals surface area contributed by atoms with Crippen molar-refractivity contribution in [2.24, 2.45) is 0 Å². The van der Waals surface area contributed by atoms with Crippen molar-refractivity contribution >= 4 is 6.29 Å². The normalized spacial score (nSPS) is 12.5. The van der Waals surface area contributed by atoms with Crippen LogP contribution in [0.2, 0.25) is 0 Å². The highest BCUT2D eigenvalue weighted by atomic mass is 19.1. The molecule has 0 radical (unpaired) electrons. The lowest BCUT2D eigenvalue weighted by atomic mass is 10.2. The molecule has 60 valence electrons. The van der Waals surface area contributed by atoms with Crippen LogP contribution >= 0.6 is 0 Å². The zero-order chi connectivity index (χ0) is 8.69. The Kier molecular flexibility index (Phi) is 4.73. The largest absolute Gasteiger partial charge is 0.392 e. The van der Waals surface area contributed by atoms with Gasteiger partial charge in [0.1, 0.15) is 12.1 Å². The van der Waals surface area contributed by atoms with E-state index in [1.165, 1.54) is 6.08 Å². The Morgan fingerprint density at radius 3 is 2.64 bits per heavy atom. The van der Waals surface area contributed by atoms with E-state index in [0.717, 1.165) is 12.3 Å². The van der Waals surface area contributed by atoms with E-state index >= 15 is 0 Å². The first-order chi connectivity index (χ1) is 5.24. The molecule has 2 nitrogen and oxygen atoms in total. The predicted molar refractivity (Wildman–Crippen MR) is 42.6 cm³/mol. The van der Waals surface area contributed by atoms with Crippen molar-refractivity contribution in [2.75, 3.05) is 7.05 Å². The van der Waals surface area contributed by atoms with Crippen molar-refractivity contribution in [3.05, 3.63) is 36.3 Å². The molecule has 0 aromatic heterocycles. The summed E-state index contributed by atoms with van der Waals surface area (Å²) in [5, 5.41) is 2.49. The summed E-state index contributed by atoms with van der Waals surface area (Å²) in [6, 6.07) is 0. The fraction of sp³-hybridized carbons (Fsp3) is 0.125. The second-order valence-electron chi connectivity index (χ2n) is 1.78. The lowest BCUT2D eigenvalue weighted by molar-refractivity contribution is -0.104. The van der Waals surface area contributed by atoms with Gasteiger partial charge in [-0.05, 0) is 6.08 Å². The highest BCUT2D eigenvalue weighted by molar-refractivity contribution is 5.77. The van der Waals surface area contributed by atoms with Crippen LogP contribution in [0, 0.1) is 0 Å².